The summed E-state index contributed by atoms with van der Waals surface area (Å²) in [6.45, 7) is 2.88. The van der Waals surface area contributed by atoms with E-state index in [1.165, 1.54) is 0 Å². The van der Waals surface area contributed by atoms with Crippen molar-refractivity contribution in [2.75, 3.05) is 25.0 Å². The van der Waals surface area contributed by atoms with Crippen molar-refractivity contribution in [1.82, 2.24) is 15.5 Å². The molecule has 1 aromatic heterocycles. The van der Waals surface area contributed by atoms with E-state index < -0.39 is 0 Å². The Kier molecular flexibility index (Phi) is 4.67. The molecule has 0 aliphatic rings. The number of hydrogen-bond donors (Lipinski definition) is 3. The number of aliphatic hydroxyl groups is 1. The predicted molar refractivity (Wildman–Crippen MR) is 73.3 cm³/mol. The molecular weight excluding hydrogens is 260 g/mol. The van der Waals surface area contributed by atoms with Crippen molar-refractivity contribution in [3.8, 4) is 11.5 Å². The number of carbonyl (C=O) groups excluding carboxylic acids is 1. The zero-order valence-electron chi connectivity index (χ0n) is 11.1. The summed E-state index contributed by atoms with van der Waals surface area (Å²) in [5, 5.41) is 18.0. The summed E-state index contributed by atoms with van der Waals surface area (Å²) in [6.07, 6.45) is 0. The van der Waals surface area contributed by atoms with Crippen LogP contribution in [0, 0.1) is 0 Å². The Morgan fingerprint density at radius 1 is 1.35 bits per heavy atom. The Hall–Kier alpha value is -2.41. The highest BCUT2D eigenvalue weighted by Crippen LogP contribution is 2.19. The topological polar surface area (TPSA) is 100 Å². The average molecular weight is 276 g/mol. The zero-order chi connectivity index (χ0) is 14.4. The normalized spacial score (nSPS) is 10.3. The van der Waals surface area contributed by atoms with Crippen LogP contribution in [0.25, 0.3) is 11.5 Å². The van der Waals surface area contributed by atoms with Crippen LogP contribution in [0.15, 0.2) is 28.8 Å². The number of aliphatic hydroxyl groups excluding tert-OH is 1. The van der Waals surface area contributed by atoms with Crippen LogP contribution in [0.3, 0.4) is 0 Å². The molecule has 1 heterocycles. The number of benzene rings is 1. The molecule has 0 bridgehead atoms. The molecule has 3 N–H and O–H groups in total. The third-order valence-electron chi connectivity index (χ3n) is 2.54. The monoisotopic (exact) mass is 276 g/mol. The summed E-state index contributed by atoms with van der Waals surface area (Å²) in [5.74, 6) is -0.0481. The maximum absolute atomic E-state index is 11.5. The Balaban J connectivity index is 2.09. The molecule has 106 valence electrons. The summed E-state index contributed by atoms with van der Waals surface area (Å²) in [5.41, 5.74) is 1.61. The van der Waals surface area contributed by atoms with Crippen molar-refractivity contribution in [3.63, 3.8) is 0 Å². The number of nitrogens with one attached hydrogen (secondary N) is 2. The fraction of sp³-hybridized carbons (Fsp3) is 0.308. The fourth-order valence-electron chi connectivity index (χ4n) is 1.60. The second-order valence-corrected chi connectivity index (χ2v) is 4.01. The molecule has 7 nitrogen and oxygen atoms in total. The first kappa shape index (κ1) is 14.0. The third-order valence-corrected chi connectivity index (χ3v) is 2.54. The van der Waals surface area contributed by atoms with Gasteiger partial charge in [-0.15, -0.1) is 0 Å². The first-order valence-electron chi connectivity index (χ1n) is 6.31. The first-order chi connectivity index (χ1) is 9.74. The number of anilines is 1. The van der Waals surface area contributed by atoms with Crippen LogP contribution in [0.4, 0.5) is 5.69 Å². The van der Waals surface area contributed by atoms with E-state index in [4.69, 9.17) is 9.63 Å². The van der Waals surface area contributed by atoms with Gasteiger partial charge in [-0.05, 0) is 31.2 Å². The summed E-state index contributed by atoms with van der Waals surface area (Å²) in [7, 11) is 0. The number of nitrogens with zero attached hydrogens (tertiary/aromatic N) is 2. The van der Waals surface area contributed by atoms with Gasteiger partial charge >= 0.3 is 0 Å². The third kappa shape index (κ3) is 3.33. The Labute approximate surface area is 116 Å². The van der Waals surface area contributed by atoms with Gasteiger partial charge in [0.15, 0.2) is 0 Å². The maximum atomic E-state index is 11.5. The number of rotatable bonds is 6. The highest BCUT2D eigenvalue weighted by Gasteiger charge is 2.14. The predicted octanol–water partition coefficient (Wildman–Crippen LogP) is 0.891. The molecule has 2 aromatic rings. The van der Waals surface area contributed by atoms with Crippen molar-refractivity contribution in [3.05, 3.63) is 30.1 Å². The first-order valence-corrected chi connectivity index (χ1v) is 6.31. The van der Waals surface area contributed by atoms with E-state index in [-0.39, 0.29) is 18.3 Å². The van der Waals surface area contributed by atoms with Gasteiger partial charge in [-0.3, -0.25) is 4.79 Å². The lowest BCUT2D eigenvalue weighted by Crippen LogP contribution is -2.23. The van der Waals surface area contributed by atoms with Crippen LogP contribution >= 0.6 is 0 Å². The largest absolute Gasteiger partial charge is 0.395 e. The lowest BCUT2D eigenvalue weighted by Gasteiger charge is -2.03. The van der Waals surface area contributed by atoms with Crippen LogP contribution in [-0.2, 0) is 0 Å². The van der Waals surface area contributed by atoms with E-state index in [9.17, 15) is 4.79 Å². The van der Waals surface area contributed by atoms with Gasteiger partial charge in [-0.25, -0.2) is 0 Å². The molecule has 1 amide bonds. The molecule has 0 saturated carbocycles. The van der Waals surface area contributed by atoms with Gasteiger partial charge in [0, 0.05) is 24.3 Å². The van der Waals surface area contributed by atoms with Crippen LogP contribution in [0.1, 0.15) is 17.5 Å². The molecular formula is C13H16N4O3. The van der Waals surface area contributed by atoms with E-state index in [1.54, 1.807) is 12.1 Å². The highest BCUT2D eigenvalue weighted by atomic mass is 16.5. The van der Waals surface area contributed by atoms with E-state index in [0.29, 0.717) is 19.0 Å². The summed E-state index contributed by atoms with van der Waals surface area (Å²) >= 11 is 0. The smallest absolute Gasteiger partial charge is 0.292 e. The summed E-state index contributed by atoms with van der Waals surface area (Å²) < 4.78 is 5.06. The van der Waals surface area contributed by atoms with Gasteiger partial charge in [-0.1, -0.05) is 5.16 Å². The molecule has 0 saturated heterocycles. The molecule has 0 unspecified atom stereocenters. The van der Waals surface area contributed by atoms with Crippen LogP contribution in [0.5, 0.6) is 0 Å². The van der Waals surface area contributed by atoms with E-state index in [2.05, 4.69) is 20.8 Å². The maximum Gasteiger partial charge on any atom is 0.292 e. The van der Waals surface area contributed by atoms with Crippen molar-refractivity contribution in [2.24, 2.45) is 0 Å². The van der Waals surface area contributed by atoms with Crippen LogP contribution in [0.2, 0.25) is 0 Å². The molecule has 2 rings (SSSR count). The standard InChI is InChI=1S/C13H16N4O3/c1-2-14-12(19)11-16-13(20-17-11)9-3-5-10(6-4-9)15-7-8-18/h3-6,15,18H,2,7-8H2,1H3,(H,14,19). The lowest BCUT2D eigenvalue weighted by molar-refractivity contribution is 0.0942. The van der Waals surface area contributed by atoms with Crippen molar-refractivity contribution in [2.45, 2.75) is 6.92 Å². The van der Waals surface area contributed by atoms with Crippen molar-refractivity contribution in [1.29, 1.82) is 0 Å². The Morgan fingerprint density at radius 3 is 2.75 bits per heavy atom. The van der Waals surface area contributed by atoms with Gasteiger partial charge in [0.05, 0.1) is 6.61 Å². The molecule has 0 spiro atoms. The lowest BCUT2D eigenvalue weighted by atomic mass is 10.2. The Bertz CT molecular complexity index is 565. The molecule has 1 aromatic carbocycles. The second kappa shape index (κ2) is 6.67. The Morgan fingerprint density at radius 2 is 2.10 bits per heavy atom. The molecule has 0 fully saturated rings. The number of aromatic nitrogens is 2. The average Bonchev–Trinajstić information content (AvgIpc) is 2.96. The number of carbonyl (C=O) groups is 1. The molecule has 20 heavy (non-hydrogen) atoms. The molecule has 0 atom stereocenters. The number of hydrogen-bond acceptors (Lipinski definition) is 6. The van der Waals surface area contributed by atoms with Gasteiger partial charge in [-0.2, -0.15) is 4.98 Å². The van der Waals surface area contributed by atoms with Gasteiger partial charge in [0.1, 0.15) is 0 Å². The van der Waals surface area contributed by atoms with E-state index >= 15 is 0 Å². The SMILES string of the molecule is CCNC(=O)c1noc(-c2ccc(NCCO)cc2)n1. The molecule has 0 aliphatic heterocycles. The molecule has 0 radical (unpaired) electrons. The molecule has 7 heteroatoms. The van der Waals surface area contributed by atoms with Gasteiger partial charge < -0.3 is 20.3 Å². The fourth-order valence-corrected chi connectivity index (χ4v) is 1.60. The number of amides is 1. The minimum atomic E-state index is -0.358. The highest BCUT2D eigenvalue weighted by molar-refractivity contribution is 5.90. The van der Waals surface area contributed by atoms with Crippen molar-refractivity contribution >= 4 is 11.6 Å². The minimum Gasteiger partial charge on any atom is -0.395 e. The quantitative estimate of drug-likeness (QED) is 0.724. The second-order valence-electron chi connectivity index (χ2n) is 4.01. The van der Waals surface area contributed by atoms with E-state index in [0.717, 1.165) is 11.3 Å². The minimum absolute atomic E-state index is 0.0179. The van der Waals surface area contributed by atoms with Crippen LogP contribution in [-0.4, -0.2) is 40.9 Å². The summed E-state index contributed by atoms with van der Waals surface area (Å²) in [6, 6.07) is 7.27. The zero-order valence-corrected chi connectivity index (χ0v) is 11.1. The van der Waals surface area contributed by atoms with Crippen LogP contribution < -0.4 is 10.6 Å². The van der Waals surface area contributed by atoms with Gasteiger partial charge in [0.25, 0.3) is 17.6 Å². The molecule has 0 aliphatic carbocycles. The summed E-state index contributed by atoms with van der Waals surface area (Å²) in [4.78, 5) is 15.6. The van der Waals surface area contributed by atoms with Gasteiger partial charge in [0.2, 0.25) is 0 Å². The van der Waals surface area contributed by atoms with Crippen molar-refractivity contribution < 1.29 is 14.4 Å². The van der Waals surface area contributed by atoms with E-state index in [1.807, 2.05) is 19.1 Å².